The zero-order chi connectivity index (χ0) is 21.7. The lowest BCUT2D eigenvalue weighted by Gasteiger charge is -2.13. The summed E-state index contributed by atoms with van der Waals surface area (Å²) in [6.45, 7) is 0. The van der Waals surface area contributed by atoms with Gasteiger partial charge in [-0.05, 0) is 36.4 Å². The Bertz CT molecular complexity index is 1070. The first-order chi connectivity index (χ1) is 14.2. The molecule has 0 radical (unpaired) electrons. The van der Waals surface area contributed by atoms with Crippen LogP contribution < -0.4 is 14.8 Å². The second kappa shape index (κ2) is 8.56. The Morgan fingerprint density at radius 3 is 2.17 bits per heavy atom. The summed E-state index contributed by atoms with van der Waals surface area (Å²) in [6.07, 6.45) is -4.85. The van der Waals surface area contributed by atoms with Gasteiger partial charge >= 0.3 is 12.3 Å². The molecular formula is C21H14F3NO5. The van der Waals surface area contributed by atoms with Crippen LogP contribution in [0, 0.1) is 0 Å². The van der Waals surface area contributed by atoms with Crippen molar-refractivity contribution >= 4 is 17.6 Å². The summed E-state index contributed by atoms with van der Waals surface area (Å²) in [5.74, 6) is -2.14. The standard InChI is InChI=1S/C21H14F3NO5/c22-21(23,24)30-16-8-4-7-14(11-16)29-15-9-10-17(20(27)28)18(12-15)25-19(26)13-5-2-1-3-6-13/h1-12H,(H,25,26)(H,27,28). The molecule has 0 bridgehead atoms. The lowest BCUT2D eigenvalue weighted by atomic mass is 10.1. The summed E-state index contributed by atoms with van der Waals surface area (Å²) in [7, 11) is 0. The largest absolute Gasteiger partial charge is 0.573 e. The third kappa shape index (κ3) is 5.51. The second-order valence-corrected chi connectivity index (χ2v) is 5.96. The molecule has 6 nitrogen and oxygen atoms in total. The van der Waals surface area contributed by atoms with Crippen molar-refractivity contribution in [2.45, 2.75) is 6.36 Å². The van der Waals surface area contributed by atoms with E-state index in [1.807, 2.05) is 0 Å². The number of alkyl halides is 3. The van der Waals surface area contributed by atoms with E-state index < -0.39 is 24.0 Å². The number of carboxylic acids is 1. The van der Waals surface area contributed by atoms with Crippen LogP contribution in [0.3, 0.4) is 0 Å². The summed E-state index contributed by atoms with van der Waals surface area (Å²) < 4.78 is 46.5. The molecule has 0 atom stereocenters. The van der Waals surface area contributed by atoms with Crippen LogP contribution in [0.1, 0.15) is 20.7 Å². The molecule has 9 heteroatoms. The number of nitrogens with one attached hydrogen (secondary N) is 1. The van der Waals surface area contributed by atoms with Gasteiger partial charge in [0.2, 0.25) is 0 Å². The van der Waals surface area contributed by atoms with Gasteiger partial charge < -0.3 is 19.9 Å². The monoisotopic (exact) mass is 417 g/mol. The Morgan fingerprint density at radius 1 is 0.833 bits per heavy atom. The van der Waals surface area contributed by atoms with E-state index >= 15 is 0 Å². The normalized spacial score (nSPS) is 10.9. The highest BCUT2D eigenvalue weighted by atomic mass is 19.4. The van der Waals surface area contributed by atoms with Crippen LogP contribution in [0.4, 0.5) is 18.9 Å². The second-order valence-electron chi connectivity index (χ2n) is 5.96. The third-order valence-electron chi connectivity index (χ3n) is 3.78. The number of carboxylic acid groups (broad SMARTS) is 1. The molecule has 154 valence electrons. The van der Waals surface area contributed by atoms with E-state index in [1.54, 1.807) is 30.3 Å². The van der Waals surface area contributed by atoms with Gasteiger partial charge in [-0.15, -0.1) is 13.2 Å². The molecule has 0 aliphatic carbocycles. The summed E-state index contributed by atoms with van der Waals surface area (Å²) in [6, 6.07) is 16.8. The fourth-order valence-corrected chi connectivity index (χ4v) is 2.53. The molecule has 0 heterocycles. The molecule has 0 saturated heterocycles. The molecule has 0 aliphatic rings. The van der Waals surface area contributed by atoms with E-state index in [0.29, 0.717) is 5.56 Å². The molecule has 3 rings (SSSR count). The van der Waals surface area contributed by atoms with Crippen LogP contribution in [-0.2, 0) is 0 Å². The molecule has 2 N–H and O–H groups in total. The van der Waals surface area contributed by atoms with Crippen molar-refractivity contribution in [3.8, 4) is 17.2 Å². The Labute approximate surface area is 168 Å². The summed E-state index contributed by atoms with van der Waals surface area (Å²) in [5, 5.41) is 11.9. The topological polar surface area (TPSA) is 84.9 Å². The van der Waals surface area contributed by atoms with Gasteiger partial charge in [0.1, 0.15) is 17.2 Å². The van der Waals surface area contributed by atoms with E-state index in [0.717, 1.165) is 12.1 Å². The van der Waals surface area contributed by atoms with Gasteiger partial charge in [0.15, 0.2) is 0 Å². The lowest BCUT2D eigenvalue weighted by molar-refractivity contribution is -0.274. The number of carbonyl (C=O) groups excluding carboxylic acids is 1. The van der Waals surface area contributed by atoms with Crippen LogP contribution in [0.15, 0.2) is 72.8 Å². The number of hydrogen-bond donors (Lipinski definition) is 2. The maximum Gasteiger partial charge on any atom is 0.573 e. The fourth-order valence-electron chi connectivity index (χ4n) is 2.53. The minimum absolute atomic E-state index is 0.0279. The van der Waals surface area contributed by atoms with Gasteiger partial charge in [0, 0.05) is 17.7 Å². The van der Waals surface area contributed by atoms with Crippen molar-refractivity contribution in [1.82, 2.24) is 0 Å². The Morgan fingerprint density at radius 2 is 1.50 bits per heavy atom. The SMILES string of the molecule is O=C(Nc1cc(Oc2cccc(OC(F)(F)F)c2)ccc1C(=O)O)c1ccccc1. The van der Waals surface area contributed by atoms with Crippen LogP contribution in [0.25, 0.3) is 0 Å². The Balaban J connectivity index is 1.85. The predicted molar refractivity (Wildman–Crippen MR) is 101 cm³/mol. The van der Waals surface area contributed by atoms with Crippen LogP contribution in [-0.4, -0.2) is 23.3 Å². The minimum atomic E-state index is -4.85. The number of amides is 1. The first kappa shape index (κ1) is 20.7. The zero-order valence-corrected chi connectivity index (χ0v) is 15.1. The van der Waals surface area contributed by atoms with Crippen LogP contribution in [0.5, 0.6) is 17.2 Å². The van der Waals surface area contributed by atoms with Gasteiger partial charge in [-0.2, -0.15) is 0 Å². The lowest BCUT2D eigenvalue weighted by Crippen LogP contribution is -2.17. The number of hydrogen-bond acceptors (Lipinski definition) is 4. The summed E-state index contributed by atoms with van der Waals surface area (Å²) >= 11 is 0. The van der Waals surface area contributed by atoms with Crippen molar-refractivity contribution in [2.75, 3.05) is 5.32 Å². The first-order valence-corrected chi connectivity index (χ1v) is 8.49. The first-order valence-electron chi connectivity index (χ1n) is 8.49. The maximum absolute atomic E-state index is 12.4. The fraction of sp³-hybridized carbons (Fsp3) is 0.0476. The number of benzene rings is 3. The number of rotatable bonds is 6. The molecule has 0 aromatic heterocycles. The molecule has 0 fully saturated rings. The highest BCUT2D eigenvalue weighted by Crippen LogP contribution is 2.31. The smallest absolute Gasteiger partial charge is 0.478 e. The van der Waals surface area contributed by atoms with Crippen molar-refractivity contribution in [2.24, 2.45) is 0 Å². The average Bonchev–Trinajstić information content (AvgIpc) is 2.67. The number of carbonyl (C=O) groups is 2. The molecule has 0 unspecified atom stereocenters. The Kier molecular flexibility index (Phi) is 5.91. The Hall–Kier alpha value is -4.01. The van der Waals surface area contributed by atoms with Crippen molar-refractivity contribution < 1.29 is 37.3 Å². The van der Waals surface area contributed by atoms with Gasteiger partial charge in [-0.25, -0.2) is 4.79 Å². The quantitative estimate of drug-likeness (QED) is 0.567. The van der Waals surface area contributed by atoms with Gasteiger partial charge in [0.25, 0.3) is 5.91 Å². The predicted octanol–water partition coefficient (Wildman–Crippen LogP) is 5.33. The number of anilines is 1. The summed E-state index contributed by atoms with van der Waals surface area (Å²) in [5.41, 5.74) is 0.106. The molecule has 0 spiro atoms. The van der Waals surface area contributed by atoms with E-state index in [1.165, 1.54) is 30.3 Å². The average molecular weight is 417 g/mol. The minimum Gasteiger partial charge on any atom is -0.478 e. The molecule has 0 saturated carbocycles. The van der Waals surface area contributed by atoms with Crippen molar-refractivity contribution in [3.05, 3.63) is 83.9 Å². The zero-order valence-electron chi connectivity index (χ0n) is 15.1. The van der Waals surface area contributed by atoms with E-state index in [-0.39, 0.29) is 22.7 Å². The van der Waals surface area contributed by atoms with Crippen LogP contribution in [0.2, 0.25) is 0 Å². The molecular weight excluding hydrogens is 403 g/mol. The number of ether oxygens (including phenoxy) is 2. The van der Waals surface area contributed by atoms with Crippen molar-refractivity contribution in [3.63, 3.8) is 0 Å². The molecule has 3 aromatic carbocycles. The van der Waals surface area contributed by atoms with Crippen LogP contribution >= 0.6 is 0 Å². The molecule has 1 amide bonds. The van der Waals surface area contributed by atoms with E-state index in [4.69, 9.17) is 4.74 Å². The molecule has 0 aliphatic heterocycles. The number of aromatic carboxylic acids is 1. The molecule has 3 aromatic rings. The van der Waals surface area contributed by atoms with Gasteiger partial charge in [-0.1, -0.05) is 24.3 Å². The van der Waals surface area contributed by atoms with Gasteiger partial charge in [-0.3, -0.25) is 4.79 Å². The van der Waals surface area contributed by atoms with Gasteiger partial charge in [0.05, 0.1) is 11.3 Å². The highest BCUT2D eigenvalue weighted by molar-refractivity contribution is 6.07. The van der Waals surface area contributed by atoms with E-state index in [9.17, 15) is 27.9 Å². The maximum atomic E-state index is 12.4. The third-order valence-corrected chi connectivity index (χ3v) is 3.78. The summed E-state index contributed by atoms with van der Waals surface area (Å²) in [4.78, 5) is 23.8. The number of halogens is 3. The highest BCUT2D eigenvalue weighted by Gasteiger charge is 2.31. The van der Waals surface area contributed by atoms with E-state index in [2.05, 4.69) is 10.1 Å². The molecule has 30 heavy (non-hydrogen) atoms. The van der Waals surface area contributed by atoms with Crippen molar-refractivity contribution in [1.29, 1.82) is 0 Å².